The molecule has 10 nitrogen and oxygen atoms in total. The first-order valence-corrected chi connectivity index (χ1v) is 22.8. The summed E-state index contributed by atoms with van der Waals surface area (Å²) < 4.78 is 32.7. The van der Waals surface area contributed by atoms with E-state index in [1.54, 1.807) is 0 Å². The number of hydrogen-bond donors (Lipinski definition) is 3. The van der Waals surface area contributed by atoms with Crippen LogP contribution in [0.3, 0.4) is 0 Å². The molecule has 0 aliphatic heterocycles. The molecule has 0 heterocycles. The lowest BCUT2D eigenvalue weighted by Gasteiger charge is -2.20. The molecule has 0 radical (unpaired) electrons. The third-order valence-electron chi connectivity index (χ3n) is 9.08. The molecule has 1 unspecified atom stereocenters. The number of phosphoric ester groups is 1. The lowest BCUT2D eigenvalue weighted by Crippen LogP contribution is -2.29. The molecular formula is C42H79O10P. The van der Waals surface area contributed by atoms with Crippen LogP contribution in [0.4, 0.5) is 0 Å². The number of ether oxygens (including phenoxy) is 2. The number of aliphatic hydroxyl groups excluding tert-OH is 2. The number of allylic oxidation sites excluding steroid dienone is 4. The van der Waals surface area contributed by atoms with Crippen LogP contribution in [0.2, 0.25) is 0 Å². The van der Waals surface area contributed by atoms with Crippen molar-refractivity contribution in [2.75, 3.05) is 26.4 Å². The van der Waals surface area contributed by atoms with E-state index in [1.165, 1.54) is 89.9 Å². The highest BCUT2D eigenvalue weighted by molar-refractivity contribution is 7.47. The topological polar surface area (TPSA) is 149 Å². The number of aliphatic hydroxyl groups is 2. The molecule has 0 saturated heterocycles. The van der Waals surface area contributed by atoms with Gasteiger partial charge in [-0.2, -0.15) is 0 Å². The Labute approximate surface area is 323 Å². The van der Waals surface area contributed by atoms with Gasteiger partial charge in [0.05, 0.1) is 19.8 Å². The molecule has 0 aliphatic rings. The molecule has 3 N–H and O–H groups in total. The third kappa shape index (κ3) is 38.5. The summed E-state index contributed by atoms with van der Waals surface area (Å²) in [5, 5.41) is 18.3. The Morgan fingerprint density at radius 1 is 0.547 bits per heavy atom. The molecule has 0 bridgehead atoms. The fourth-order valence-corrected chi connectivity index (χ4v) is 6.54. The summed E-state index contributed by atoms with van der Waals surface area (Å²) in [5.41, 5.74) is 0. The van der Waals surface area contributed by atoms with Gasteiger partial charge < -0.3 is 24.6 Å². The Balaban J connectivity index is 4.32. The van der Waals surface area contributed by atoms with E-state index in [4.69, 9.17) is 19.1 Å². The fraction of sp³-hybridized carbons (Fsp3) is 0.857. The Morgan fingerprint density at radius 2 is 0.925 bits per heavy atom. The van der Waals surface area contributed by atoms with E-state index in [0.717, 1.165) is 64.2 Å². The predicted octanol–water partition coefficient (Wildman–Crippen LogP) is 11.0. The third-order valence-corrected chi connectivity index (χ3v) is 10.0. The van der Waals surface area contributed by atoms with Crippen LogP contribution in [0.25, 0.3) is 0 Å². The molecule has 0 spiro atoms. The van der Waals surface area contributed by atoms with Gasteiger partial charge in [-0.1, -0.05) is 141 Å². The molecule has 11 heteroatoms. The van der Waals surface area contributed by atoms with E-state index in [0.29, 0.717) is 12.8 Å². The van der Waals surface area contributed by atoms with Gasteiger partial charge in [0.2, 0.25) is 0 Å². The number of unbranched alkanes of at least 4 members (excludes halogenated alkanes) is 22. The quantitative estimate of drug-likeness (QED) is 0.0238. The van der Waals surface area contributed by atoms with Gasteiger partial charge in [0.25, 0.3) is 0 Å². The Bertz CT molecular complexity index is 941. The number of hydrogen-bond acceptors (Lipinski definition) is 9. The number of carbonyl (C=O) groups excluding carboxylic acids is 2. The number of rotatable bonds is 40. The zero-order valence-corrected chi connectivity index (χ0v) is 34.6. The molecule has 312 valence electrons. The van der Waals surface area contributed by atoms with Crippen LogP contribution in [0, 0.1) is 0 Å². The van der Waals surface area contributed by atoms with E-state index in [9.17, 15) is 24.2 Å². The van der Waals surface area contributed by atoms with Gasteiger partial charge in [-0.05, 0) is 64.2 Å². The van der Waals surface area contributed by atoms with Crippen molar-refractivity contribution in [1.29, 1.82) is 0 Å². The van der Waals surface area contributed by atoms with Gasteiger partial charge in [0, 0.05) is 12.8 Å². The summed E-state index contributed by atoms with van der Waals surface area (Å²) in [5.74, 6) is -0.936. The van der Waals surface area contributed by atoms with E-state index in [1.807, 2.05) is 0 Å². The van der Waals surface area contributed by atoms with Crippen molar-refractivity contribution in [2.24, 2.45) is 0 Å². The van der Waals surface area contributed by atoms with Crippen molar-refractivity contribution in [2.45, 2.75) is 206 Å². The average Bonchev–Trinajstić information content (AvgIpc) is 3.14. The molecule has 0 fully saturated rings. The number of carbonyl (C=O) groups is 2. The SMILES string of the molecule is CCCCCC/C=C/CCCCCCCCCC(=O)OC[C@H](COP(=O)(O)OC[C@@H](O)CO)OC(=O)CCCCCCC/C=C/CCCCCCCC. The van der Waals surface area contributed by atoms with E-state index < -0.39 is 51.8 Å². The second-order valence-corrected chi connectivity index (χ2v) is 15.8. The van der Waals surface area contributed by atoms with E-state index in [-0.39, 0.29) is 19.4 Å². The predicted molar refractivity (Wildman–Crippen MR) is 215 cm³/mol. The van der Waals surface area contributed by atoms with Crippen LogP contribution >= 0.6 is 7.82 Å². The Hall–Kier alpha value is -1.55. The molecule has 3 atom stereocenters. The van der Waals surface area contributed by atoms with Crippen LogP contribution in [-0.2, 0) is 32.7 Å². The molecule has 0 rings (SSSR count). The monoisotopic (exact) mass is 775 g/mol. The summed E-state index contributed by atoms with van der Waals surface area (Å²) in [6.07, 6.45) is 37.1. The highest BCUT2D eigenvalue weighted by atomic mass is 31.2. The van der Waals surface area contributed by atoms with Crippen molar-refractivity contribution < 1.29 is 47.8 Å². The van der Waals surface area contributed by atoms with Crippen LogP contribution in [0.1, 0.15) is 194 Å². The van der Waals surface area contributed by atoms with Gasteiger partial charge in [0.1, 0.15) is 12.7 Å². The second kappa shape index (κ2) is 38.7. The molecule has 0 amide bonds. The lowest BCUT2D eigenvalue weighted by atomic mass is 10.1. The zero-order chi connectivity index (χ0) is 39.1. The minimum Gasteiger partial charge on any atom is -0.462 e. The first kappa shape index (κ1) is 51.5. The Kier molecular flexibility index (Phi) is 37.6. The molecule has 0 aromatic heterocycles. The smallest absolute Gasteiger partial charge is 0.462 e. The van der Waals surface area contributed by atoms with Crippen molar-refractivity contribution in [3.8, 4) is 0 Å². The van der Waals surface area contributed by atoms with Crippen LogP contribution in [0.5, 0.6) is 0 Å². The fourth-order valence-electron chi connectivity index (χ4n) is 5.75. The van der Waals surface area contributed by atoms with Crippen molar-refractivity contribution in [3.05, 3.63) is 24.3 Å². The summed E-state index contributed by atoms with van der Waals surface area (Å²) in [6, 6.07) is 0. The maximum atomic E-state index is 12.6. The van der Waals surface area contributed by atoms with Gasteiger partial charge in [0.15, 0.2) is 6.10 Å². The molecule has 0 aromatic carbocycles. The lowest BCUT2D eigenvalue weighted by molar-refractivity contribution is -0.161. The number of esters is 2. The highest BCUT2D eigenvalue weighted by Gasteiger charge is 2.27. The molecule has 0 aromatic rings. The maximum Gasteiger partial charge on any atom is 0.472 e. The molecule has 0 aliphatic carbocycles. The van der Waals surface area contributed by atoms with E-state index in [2.05, 4.69) is 42.7 Å². The summed E-state index contributed by atoms with van der Waals surface area (Å²) >= 11 is 0. The Morgan fingerprint density at radius 3 is 1.38 bits per heavy atom. The van der Waals surface area contributed by atoms with Gasteiger partial charge in [-0.15, -0.1) is 0 Å². The highest BCUT2D eigenvalue weighted by Crippen LogP contribution is 2.43. The summed E-state index contributed by atoms with van der Waals surface area (Å²) in [7, 11) is -4.62. The first-order valence-electron chi connectivity index (χ1n) is 21.3. The standard InChI is InChI=1S/C42H79O10P/c1-3-5-7-9-11-13-15-17-19-21-23-25-27-29-31-33-41(45)49-37-40(38-51-53(47,48)50-36-39(44)35-43)52-42(46)34-32-30-28-26-24-22-20-18-16-14-12-10-8-6-4-2/h13,15,18,20,39-40,43-44H,3-12,14,16-17,19,21-38H2,1-2H3,(H,47,48)/b15-13+,20-18+/t39-,40+/m0/s1. The van der Waals surface area contributed by atoms with Gasteiger partial charge in [-0.3, -0.25) is 18.6 Å². The zero-order valence-electron chi connectivity index (χ0n) is 33.7. The van der Waals surface area contributed by atoms with Crippen molar-refractivity contribution in [1.82, 2.24) is 0 Å². The average molecular weight is 775 g/mol. The van der Waals surface area contributed by atoms with Crippen LogP contribution in [0.15, 0.2) is 24.3 Å². The molecule has 0 saturated carbocycles. The largest absolute Gasteiger partial charge is 0.472 e. The summed E-state index contributed by atoms with van der Waals surface area (Å²) in [6.45, 7) is 2.35. The van der Waals surface area contributed by atoms with Crippen LogP contribution < -0.4 is 0 Å². The first-order chi connectivity index (χ1) is 25.7. The van der Waals surface area contributed by atoms with Crippen molar-refractivity contribution in [3.63, 3.8) is 0 Å². The second-order valence-electron chi connectivity index (χ2n) is 14.4. The number of phosphoric acid groups is 1. The van der Waals surface area contributed by atoms with Crippen molar-refractivity contribution >= 4 is 19.8 Å². The minimum atomic E-state index is -4.62. The molecular weight excluding hydrogens is 695 g/mol. The van der Waals surface area contributed by atoms with E-state index >= 15 is 0 Å². The maximum absolute atomic E-state index is 12.6. The van der Waals surface area contributed by atoms with Gasteiger partial charge >= 0.3 is 19.8 Å². The normalized spacial score (nSPS) is 14.1. The van der Waals surface area contributed by atoms with Crippen LogP contribution in [-0.4, -0.2) is 65.7 Å². The van der Waals surface area contributed by atoms with Gasteiger partial charge in [-0.25, -0.2) is 4.57 Å². The minimum absolute atomic E-state index is 0.175. The summed E-state index contributed by atoms with van der Waals surface area (Å²) in [4.78, 5) is 34.9. The molecule has 53 heavy (non-hydrogen) atoms.